The molecule has 0 bridgehead atoms. The van der Waals surface area contributed by atoms with Crippen LogP contribution in [0.5, 0.6) is 0 Å². The summed E-state index contributed by atoms with van der Waals surface area (Å²) in [6, 6.07) is 9.36. The Morgan fingerprint density at radius 3 is 2.43 bits per heavy atom. The molecule has 0 N–H and O–H groups in total. The van der Waals surface area contributed by atoms with Crippen molar-refractivity contribution in [2.24, 2.45) is 4.99 Å². The van der Waals surface area contributed by atoms with Gasteiger partial charge >= 0.3 is 0 Å². The van der Waals surface area contributed by atoms with Gasteiger partial charge < -0.3 is 4.74 Å². The Morgan fingerprint density at radius 2 is 1.93 bits per heavy atom. The fourth-order valence-electron chi connectivity index (χ4n) is 1.29. The van der Waals surface area contributed by atoms with Gasteiger partial charge in [-0.2, -0.15) is 4.39 Å². The molecule has 1 aliphatic rings. The Labute approximate surface area is 82.4 Å². The van der Waals surface area contributed by atoms with E-state index in [2.05, 4.69) is 4.99 Å². The molecule has 1 heterocycles. The molecule has 1 aliphatic heterocycles. The lowest BCUT2D eigenvalue weighted by Gasteiger charge is -2.14. The summed E-state index contributed by atoms with van der Waals surface area (Å²) in [4.78, 5) is 4.19. The first-order valence-electron chi connectivity index (χ1n) is 4.55. The van der Waals surface area contributed by atoms with Gasteiger partial charge in [-0.25, -0.2) is 4.99 Å². The van der Waals surface area contributed by atoms with Gasteiger partial charge in [0.05, 0.1) is 0 Å². The molecule has 0 fully saturated rings. The number of nitrogens with zero attached hydrogens (tertiary/aromatic N) is 1. The van der Waals surface area contributed by atoms with Gasteiger partial charge in [-0.15, -0.1) is 0 Å². The van der Waals surface area contributed by atoms with Crippen molar-refractivity contribution in [1.82, 2.24) is 0 Å². The summed E-state index contributed by atoms with van der Waals surface area (Å²) in [5.74, 6) is 0.392. The zero-order valence-corrected chi connectivity index (χ0v) is 8.20. The van der Waals surface area contributed by atoms with Crippen molar-refractivity contribution in [1.29, 1.82) is 0 Å². The van der Waals surface area contributed by atoms with E-state index in [-0.39, 0.29) is 0 Å². The largest absolute Gasteiger partial charge is 0.440 e. The Bertz CT molecular complexity index is 359. The summed E-state index contributed by atoms with van der Waals surface area (Å²) >= 11 is 0. The summed E-state index contributed by atoms with van der Waals surface area (Å²) in [6.45, 7) is 3.43. The number of alkyl halides is 1. The third-order valence-electron chi connectivity index (χ3n) is 2.18. The fraction of sp³-hybridized carbons (Fsp3) is 0.364. The van der Waals surface area contributed by atoms with Gasteiger partial charge in [-0.3, -0.25) is 0 Å². The van der Waals surface area contributed by atoms with Crippen LogP contribution in [-0.4, -0.2) is 17.8 Å². The highest BCUT2D eigenvalue weighted by atomic mass is 19.1. The lowest BCUT2D eigenvalue weighted by molar-refractivity contribution is 0.0269. The van der Waals surface area contributed by atoms with Crippen molar-refractivity contribution < 1.29 is 9.13 Å². The Morgan fingerprint density at radius 1 is 1.29 bits per heavy atom. The van der Waals surface area contributed by atoms with Crippen molar-refractivity contribution in [3.8, 4) is 0 Å². The second-order valence-electron chi connectivity index (χ2n) is 3.87. The molecule has 2 rings (SSSR count). The molecule has 2 nitrogen and oxygen atoms in total. The predicted octanol–water partition coefficient (Wildman–Crippen LogP) is 2.54. The summed E-state index contributed by atoms with van der Waals surface area (Å²) in [5.41, 5.74) is 0.0475. The van der Waals surface area contributed by atoms with Crippen molar-refractivity contribution in [3.63, 3.8) is 0 Å². The van der Waals surface area contributed by atoms with E-state index >= 15 is 0 Å². The summed E-state index contributed by atoms with van der Waals surface area (Å²) in [7, 11) is 0. The van der Waals surface area contributed by atoms with Crippen LogP contribution in [-0.2, 0) is 4.74 Å². The number of benzene rings is 1. The third kappa shape index (κ3) is 1.50. The number of ether oxygens (including phenoxy) is 1. The molecule has 1 aromatic carbocycles. The molecular weight excluding hydrogens is 181 g/mol. The molecule has 3 heteroatoms. The van der Waals surface area contributed by atoms with Crippen LogP contribution in [0.3, 0.4) is 0 Å². The van der Waals surface area contributed by atoms with Crippen LogP contribution >= 0.6 is 0 Å². The predicted molar refractivity (Wildman–Crippen MR) is 53.0 cm³/mol. The quantitative estimate of drug-likeness (QED) is 0.671. The van der Waals surface area contributed by atoms with Crippen LogP contribution in [0.4, 0.5) is 4.39 Å². The van der Waals surface area contributed by atoms with E-state index < -0.39 is 11.9 Å². The van der Waals surface area contributed by atoms with Crippen molar-refractivity contribution in [2.45, 2.75) is 25.7 Å². The SMILES string of the molecule is CC1(C)N=C(c2ccccc2)OC1F. The minimum absolute atomic E-state index is 0.392. The Balaban J connectivity index is 2.32. The zero-order valence-electron chi connectivity index (χ0n) is 8.20. The van der Waals surface area contributed by atoms with Gasteiger partial charge in [0.1, 0.15) is 5.54 Å². The van der Waals surface area contributed by atoms with Gasteiger partial charge in [-0.05, 0) is 26.0 Å². The molecule has 0 amide bonds. The molecule has 1 atom stereocenters. The highest BCUT2D eigenvalue weighted by Crippen LogP contribution is 2.28. The molecule has 0 aliphatic carbocycles. The van der Waals surface area contributed by atoms with Gasteiger partial charge in [0.25, 0.3) is 6.36 Å². The van der Waals surface area contributed by atoms with Gasteiger partial charge in [0.15, 0.2) is 0 Å². The first-order chi connectivity index (χ1) is 6.59. The van der Waals surface area contributed by atoms with E-state index in [0.29, 0.717) is 5.90 Å². The summed E-state index contributed by atoms with van der Waals surface area (Å²) < 4.78 is 18.3. The average Bonchev–Trinajstić information content (AvgIpc) is 2.43. The van der Waals surface area contributed by atoms with E-state index in [1.54, 1.807) is 13.8 Å². The van der Waals surface area contributed by atoms with E-state index in [4.69, 9.17) is 4.74 Å². The first kappa shape index (κ1) is 9.19. The minimum atomic E-state index is -1.35. The maximum atomic E-state index is 13.3. The molecule has 1 unspecified atom stereocenters. The normalized spacial score (nSPS) is 24.2. The van der Waals surface area contributed by atoms with Gasteiger partial charge in [0.2, 0.25) is 5.90 Å². The van der Waals surface area contributed by atoms with Gasteiger partial charge in [0, 0.05) is 5.56 Å². The smallest absolute Gasteiger partial charge is 0.264 e. The van der Waals surface area contributed by atoms with E-state index in [1.807, 2.05) is 30.3 Å². The van der Waals surface area contributed by atoms with E-state index in [1.165, 1.54) is 0 Å². The zero-order chi connectivity index (χ0) is 10.2. The molecular formula is C11H12FNO. The molecule has 0 aromatic heterocycles. The number of hydrogen-bond donors (Lipinski definition) is 0. The Hall–Kier alpha value is -1.38. The lowest BCUT2D eigenvalue weighted by Crippen LogP contribution is -2.26. The van der Waals surface area contributed by atoms with Crippen LogP contribution in [0.25, 0.3) is 0 Å². The number of rotatable bonds is 1. The molecule has 74 valence electrons. The highest BCUT2D eigenvalue weighted by Gasteiger charge is 2.38. The van der Waals surface area contributed by atoms with Crippen molar-refractivity contribution in [2.75, 3.05) is 0 Å². The molecule has 0 saturated carbocycles. The standard InChI is InChI=1S/C11H12FNO/c1-11(2)10(12)14-9(13-11)8-6-4-3-5-7-8/h3-7,10H,1-2H3. The number of hydrogen-bond acceptors (Lipinski definition) is 2. The summed E-state index contributed by atoms with van der Waals surface area (Å²) in [5, 5.41) is 0. The second-order valence-corrected chi connectivity index (χ2v) is 3.87. The summed E-state index contributed by atoms with van der Waals surface area (Å²) in [6.07, 6.45) is -1.35. The Kier molecular flexibility index (Phi) is 2.02. The van der Waals surface area contributed by atoms with Gasteiger partial charge in [-0.1, -0.05) is 18.2 Å². The molecule has 0 radical (unpaired) electrons. The highest BCUT2D eigenvalue weighted by molar-refractivity contribution is 5.95. The van der Waals surface area contributed by atoms with Crippen LogP contribution < -0.4 is 0 Å². The number of aliphatic imine (C=N–C) groups is 1. The molecule has 14 heavy (non-hydrogen) atoms. The van der Waals surface area contributed by atoms with Crippen LogP contribution in [0.2, 0.25) is 0 Å². The topological polar surface area (TPSA) is 21.6 Å². The van der Waals surface area contributed by atoms with Crippen LogP contribution in [0.15, 0.2) is 35.3 Å². The molecule has 1 aromatic rings. The molecule has 0 saturated heterocycles. The van der Waals surface area contributed by atoms with Crippen LogP contribution in [0.1, 0.15) is 19.4 Å². The van der Waals surface area contributed by atoms with Crippen molar-refractivity contribution >= 4 is 5.90 Å². The monoisotopic (exact) mass is 193 g/mol. The second kappa shape index (κ2) is 3.08. The third-order valence-corrected chi connectivity index (χ3v) is 2.18. The van der Waals surface area contributed by atoms with Crippen LogP contribution in [0, 0.1) is 0 Å². The minimum Gasteiger partial charge on any atom is -0.440 e. The van der Waals surface area contributed by atoms with E-state index in [0.717, 1.165) is 5.56 Å². The maximum Gasteiger partial charge on any atom is 0.264 e. The first-order valence-corrected chi connectivity index (χ1v) is 4.55. The van der Waals surface area contributed by atoms with E-state index in [9.17, 15) is 4.39 Å². The van der Waals surface area contributed by atoms with Crippen molar-refractivity contribution in [3.05, 3.63) is 35.9 Å². The fourth-order valence-corrected chi connectivity index (χ4v) is 1.29. The number of halogens is 1. The lowest BCUT2D eigenvalue weighted by atomic mass is 10.1. The maximum absolute atomic E-state index is 13.3. The molecule has 0 spiro atoms. The average molecular weight is 193 g/mol.